The molecule has 0 amide bonds. The Balaban J connectivity index is 2.23. The van der Waals surface area contributed by atoms with Crippen molar-refractivity contribution < 1.29 is 18.4 Å². The van der Waals surface area contributed by atoms with Crippen molar-refractivity contribution in [3.05, 3.63) is 60.4 Å². The van der Waals surface area contributed by atoms with Crippen molar-refractivity contribution in [2.45, 2.75) is 11.8 Å². The summed E-state index contributed by atoms with van der Waals surface area (Å²) in [7, 11) is -3.70. The fraction of sp³-hybridized carbons (Fsp3) is 0.0769. The lowest BCUT2D eigenvalue weighted by molar-refractivity contribution is -0.905. The summed E-state index contributed by atoms with van der Waals surface area (Å²) in [5.41, 5.74) is 0.732. The van der Waals surface area contributed by atoms with Gasteiger partial charge < -0.3 is 0 Å². The van der Waals surface area contributed by atoms with Gasteiger partial charge in [0, 0.05) is 16.9 Å². The van der Waals surface area contributed by atoms with Crippen molar-refractivity contribution in [1.82, 2.24) is 4.83 Å². The van der Waals surface area contributed by atoms with Gasteiger partial charge in [-0.25, -0.2) is 0 Å². The van der Waals surface area contributed by atoms with Crippen LogP contribution in [0.3, 0.4) is 0 Å². The van der Waals surface area contributed by atoms with Gasteiger partial charge >= 0.3 is 0 Å². The smallest absolute Gasteiger partial charge is 0.280 e. The van der Waals surface area contributed by atoms with Crippen molar-refractivity contribution in [3.63, 3.8) is 0 Å². The molecule has 0 bridgehead atoms. The summed E-state index contributed by atoms with van der Waals surface area (Å²) in [5, 5.41) is 13.4. The third-order valence-corrected chi connectivity index (χ3v) is 3.82. The number of nitrogens with one attached hydrogen (secondary N) is 1. The molecular formula is C13H14N3O3S+. The van der Waals surface area contributed by atoms with Crippen LogP contribution in [0.15, 0.2) is 64.7 Å². The lowest BCUT2D eigenvalue weighted by Crippen LogP contribution is -2.37. The third-order valence-electron chi connectivity index (χ3n) is 2.60. The van der Waals surface area contributed by atoms with E-state index < -0.39 is 10.0 Å². The largest absolute Gasteiger partial charge is 0.284 e. The standard InChI is InChI=1S/C13H13N3O3S/c1-11(13-9-5-6-10-16(13)17)14-15-20(18,19)12-7-3-2-4-8-12/h2-10,17H,1H3/p+1. The van der Waals surface area contributed by atoms with Crippen molar-refractivity contribution in [3.8, 4) is 0 Å². The second-order valence-corrected chi connectivity index (χ2v) is 5.70. The fourth-order valence-electron chi connectivity index (χ4n) is 1.56. The molecule has 0 aliphatic carbocycles. The van der Waals surface area contributed by atoms with Gasteiger partial charge in [0.15, 0.2) is 0 Å². The van der Waals surface area contributed by atoms with Crippen molar-refractivity contribution in [2.75, 3.05) is 0 Å². The predicted molar refractivity (Wildman–Crippen MR) is 72.8 cm³/mol. The van der Waals surface area contributed by atoms with Crippen LogP contribution < -0.4 is 9.56 Å². The summed E-state index contributed by atoms with van der Waals surface area (Å²) in [4.78, 5) is 2.26. The zero-order valence-electron chi connectivity index (χ0n) is 10.8. The monoisotopic (exact) mass is 292 g/mol. The van der Waals surface area contributed by atoms with Gasteiger partial charge in [-0.05, 0) is 25.1 Å². The van der Waals surface area contributed by atoms with Gasteiger partial charge in [-0.15, -0.1) is 0 Å². The van der Waals surface area contributed by atoms with E-state index in [0.29, 0.717) is 11.4 Å². The van der Waals surface area contributed by atoms with E-state index in [4.69, 9.17) is 0 Å². The van der Waals surface area contributed by atoms with E-state index in [2.05, 4.69) is 9.93 Å². The van der Waals surface area contributed by atoms with E-state index in [1.165, 1.54) is 18.3 Å². The molecule has 1 aromatic heterocycles. The van der Waals surface area contributed by atoms with Gasteiger partial charge in [0.05, 0.1) is 4.90 Å². The minimum Gasteiger partial charge on any atom is -0.284 e. The van der Waals surface area contributed by atoms with Crippen LogP contribution >= 0.6 is 0 Å². The van der Waals surface area contributed by atoms with E-state index in [1.54, 1.807) is 43.3 Å². The Morgan fingerprint density at radius 1 is 1.15 bits per heavy atom. The van der Waals surface area contributed by atoms with E-state index in [1.807, 2.05) is 0 Å². The molecule has 0 spiro atoms. The van der Waals surface area contributed by atoms with Gasteiger partial charge in [-0.2, -0.15) is 18.4 Å². The van der Waals surface area contributed by atoms with Crippen LogP contribution in [0.4, 0.5) is 0 Å². The molecule has 104 valence electrons. The molecular weight excluding hydrogens is 278 g/mol. The Bertz CT molecular complexity index is 728. The first-order valence-electron chi connectivity index (χ1n) is 5.82. The molecule has 2 N–H and O–H groups in total. The highest BCUT2D eigenvalue weighted by Crippen LogP contribution is 2.07. The van der Waals surface area contributed by atoms with Crippen molar-refractivity contribution in [1.29, 1.82) is 0 Å². The molecule has 0 unspecified atom stereocenters. The summed E-state index contributed by atoms with van der Waals surface area (Å²) in [6, 6.07) is 12.9. The molecule has 0 fully saturated rings. The van der Waals surface area contributed by atoms with E-state index >= 15 is 0 Å². The van der Waals surface area contributed by atoms with Crippen LogP contribution in [-0.2, 0) is 10.0 Å². The quantitative estimate of drug-likeness (QED) is 0.380. The van der Waals surface area contributed by atoms with Gasteiger partial charge in [0.25, 0.3) is 15.7 Å². The second-order valence-electron chi connectivity index (χ2n) is 4.04. The number of hydrogen-bond acceptors (Lipinski definition) is 4. The minimum absolute atomic E-state index is 0.126. The highest BCUT2D eigenvalue weighted by molar-refractivity contribution is 7.89. The van der Waals surface area contributed by atoms with E-state index in [9.17, 15) is 13.6 Å². The lowest BCUT2D eigenvalue weighted by atomic mass is 10.3. The molecule has 2 aromatic rings. The molecule has 2 rings (SSSR count). The zero-order valence-corrected chi connectivity index (χ0v) is 11.6. The summed E-state index contributed by atoms with van der Waals surface area (Å²) in [5.74, 6) is 0. The van der Waals surface area contributed by atoms with E-state index in [-0.39, 0.29) is 4.90 Å². The van der Waals surface area contributed by atoms with Crippen LogP contribution in [0.1, 0.15) is 12.6 Å². The van der Waals surface area contributed by atoms with Crippen LogP contribution in [-0.4, -0.2) is 19.3 Å². The summed E-state index contributed by atoms with van der Waals surface area (Å²) in [6.45, 7) is 1.59. The molecule has 7 heteroatoms. The number of nitrogens with zero attached hydrogens (tertiary/aromatic N) is 2. The normalized spacial score (nSPS) is 12.2. The maximum absolute atomic E-state index is 12.0. The van der Waals surface area contributed by atoms with Crippen LogP contribution in [0.25, 0.3) is 0 Å². The Kier molecular flexibility index (Phi) is 3.99. The van der Waals surface area contributed by atoms with Gasteiger partial charge in [-0.3, -0.25) is 5.21 Å². The molecule has 0 saturated carbocycles. The molecule has 0 saturated heterocycles. The Labute approximate surface area is 117 Å². The van der Waals surface area contributed by atoms with E-state index in [0.717, 1.165) is 4.73 Å². The summed E-state index contributed by atoms with van der Waals surface area (Å²) < 4.78 is 24.8. The highest BCUT2D eigenvalue weighted by atomic mass is 32.2. The topological polar surface area (TPSA) is 82.6 Å². The molecule has 1 heterocycles. The fourth-order valence-corrected chi connectivity index (χ4v) is 2.44. The van der Waals surface area contributed by atoms with Crippen molar-refractivity contribution >= 4 is 15.7 Å². The minimum atomic E-state index is -3.70. The Hall–Kier alpha value is -2.41. The summed E-state index contributed by atoms with van der Waals surface area (Å²) in [6.07, 6.45) is 1.43. The molecule has 1 aromatic carbocycles. The molecule has 20 heavy (non-hydrogen) atoms. The number of hydrazone groups is 1. The summed E-state index contributed by atoms with van der Waals surface area (Å²) >= 11 is 0. The molecule has 6 nitrogen and oxygen atoms in total. The molecule has 0 aliphatic heterocycles. The second kappa shape index (κ2) is 5.70. The third kappa shape index (κ3) is 3.12. The van der Waals surface area contributed by atoms with Crippen LogP contribution in [0.2, 0.25) is 0 Å². The van der Waals surface area contributed by atoms with Gasteiger partial charge in [0.2, 0.25) is 6.20 Å². The Morgan fingerprint density at radius 2 is 1.80 bits per heavy atom. The number of benzene rings is 1. The maximum atomic E-state index is 12.0. The average Bonchev–Trinajstić information content (AvgIpc) is 2.46. The lowest BCUT2D eigenvalue weighted by Gasteiger charge is -2.03. The SMILES string of the molecule is C/C(=N\NS(=O)(=O)c1ccccc1)c1cccc[n+]1O. The number of pyridine rings is 1. The number of aromatic nitrogens is 1. The zero-order chi connectivity index (χ0) is 14.6. The van der Waals surface area contributed by atoms with Crippen LogP contribution in [0.5, 0.6) is 0 Å². The van der Waals surface area contributed by atoms with Gasteiger partial charge in [0.1, 0.15) is 5.71 Å². The molecule has 0 radical (unpaired) electrons. The molecule has 0 atom stereocenters. The van der Waals surface area contributed by atoms with Crippen molar-refractivity contribution in [2.24, 2.45) is 5.10 Å². The number of hydrogen-bond donors (Lipinski definition) is 2. The average molecular weight is 292 g/mol. The predicted octanol–water partition coefficient (Wildman–Crippen LogP) is 0.914. The number of sulfonamides is 1. The molecule has 0 aliphatic rings. The first-order valence-corrected chi connectivity index (χ1v) is 7.30. The number of rotatable bonds is 4. The highest BCUT2D eigenvalue weighted by Gasteiger charge is 2.15. The Morgan fingerprint density at radius 3 is 2.45 bits per heavy atom. The maximum Gasteiger partial charge on any atom is 0.280 e. The van der Waals surface area contributed by atoms with Crippen LogP contribution in [0, 0.1) is 0 Å². The first-order chi connectivity index (χ1) is 9.50. The first kappa shape index (κ1) is 14.0. The van der Waals surface area contributed by atoms with Gasteiger partial charge in [-0.1, -0.05) is 18.2 Å².